The Balaban J connectivity index is 2.49. The lowest BCUT2D eigenvalue weighted by atomic mass is 10.4. The number of carbonyl (C=O) groups is 1. The molecular formula is C11H20N6OS. The lowest BCUT2D eigenvalue weighted by Gasteiger charge is -2.10. The number of thioether (sulfide) groups is 1. The van der Waals surface area contributed by atoms with E-state index in [1.807, 2.05) is 13.8 Å². The van der Waals surface area contributed by atoms with E-state index >= 15 is 0 Å². The van der Waals surface area contributed by atoms with Crippen LogP contribution < -0.4 is 10.6 Å². The minimum atomic E-state index is -0.246. The van der Waals surface area contributed by atoms with Gasteiger partial charge in [0.1, 0.15) is 0 Å². The Morgan fingerprint density at radius 3 is 3.11 bits per heavy atom. The van der Waals surface area contributed by atoms with Gasteiger partial charge in [0.05, 0.1) is 11.8 Å². The van der Waals surface area contributed by atoms with Gasteiger partial charge in [-0.15, -0.1) is 11.7 Å². The molecule has 2 N–H and O–H groups in total. The lowest BCUT2D eigenvalue weighted by molar-refractivity contribution is -0.120. The molecule has 0 aliphatic heterocycles. The molecule has 0 aliphatic rings. The maximum atomic E-state index is 11.7. The van der Waals surface area contributed by atoms with Crippen LogP contribution in [0.3, 0.4) is 0 Å². The topological polar surface area (TPSA) is 84.7 Å². The van der Waals surface area contributed by atoms with E-state index in [1.165, 1.54) is 11.8 Å². The fourth-order valence-electron chi connectivity index (χ4n) is 1.31. The van der Waals surface area contributed by atoms with Gasteiger partial charge >= 0.3 is 0 Å². The van der Waals surface area contributed by atoms with Crippen LogP contribution >= 0.6 is 11.8 Å². The fourth-order valence-corrected chi connectivity index (χ4v) is 2.15. The molecule has 19 heavy (non-hydrogen) atoms. The van der Waals surface area contributed by atoms with Crippen LogP contribution in [0.2, 0.25) is 0 Å². The zero-order valence-corrected chi connectivity index (χ0v) is 12.1. The molecular weight excluding hydrogens is 264 g/mol. The van der Waals surface area contributed by atoms with Crippen LogP contribution in [0, 0.1) is 0 Å². The van der Waals surface area contributed by atoms with Crippen LogP contribution in [-0.2, 0) is 11.3 Å². The summed E-state index contributed by atoms with van der Waals surface area (Å²) in [5, 5.41) is 17.8. The van der Waals surface area contributed by atoms with Crippen molar-refractivity contribution in [1.29, 1.82) is 0 Å². The predicted octanol–water partition coefficient (Wildman–Crippen LogP) is 0.0654. The van der Waals surface area contributed by atoms with E-state index in [4.69, 9.17) is 0 Å². The second kappa shape index (κ2) is 8.65. The Labute approximate surface area is 117 Å². The first-order valence-corrected chi connectivity index (χ1v) is 7.09. The highest BCUT2D eigenvalue weighted by atomic mass is 32.2. The average molecular weight is 284 g/mol. The SMILES string of the molecule is C=CCNC(=O)C(C)Sc1nnnn1CCNCC. The normalized spacial score (nSPS) is 12.1. The second-order valence-electron chi connectivity index (χ2n) is 3.83. The maximum Gasteiger partial charge on any atom is 0.233 e. The molecule has 106 valence electrons. The highest BCUT2D eigenvalue weighted by Crippen LogP contribution is 2.19. The second-order valence-corrected chi connectivity index (χ2v) is 5.14. The number of hydrogen-bond acceptors (Lipinski definition) is 6. The average Bonchev–Trinajstić information content (AvgIpc) is 2.83. The van der Waals surface area contributed by atoms with Gasteiger partial charge in [-0.25, -0.2) is 4.68 Å². The minimum Gasteiger partial charge on any atom is -0.352 e. The molecule has 1 amide bonds. The maximum absolute atomic E-state index is 11.7. The zero-order valence-electron chi connectivity index (χ0n) is 11.3. The molecule has 1 heterocycles. The van der Waals surface area contributed by atoms with Crippen molar-refractivity contribution in [3.05, 3.63) is 12.7 Å². The van der Waals surface area contributed by atoms with Crippen molar-refractivity contribution in [2.45, 2.75) is 30.8 Å². The third-order valence-corrected chi connectivity index (χ3v) is 3.39. The summed E-state index contributed by atoms with van der Waals surface area (Å²) in [6.07, 6.45) is 1.65. The molecule has 8 heteroatoms. The van der Waals surface area contributed by atoms with E-state index in [2.05, 4.69) is 32.7 Å². The molecule has 0 saturated carbocycles. The number of nitrogens with zero attached hydrogens (tertiary/aromatic N) is 4. The summed E-state index contributed by atoms with van der Waals surface area (Å²) < 4.78 is 1.70. The third kappa shape index (κ3) is 5.39. The van der Waals surface area contributed by atoms with Crippen LogP contribution in [0.5, 0.6) is 0 Å². The molecule has 0 aromatic carbocycles. The Bertz CT molecular complexity index is 408. The number of aromatic nitrogens is 4. The van der Waals surface area contributed by atoms with E-state index in [0.717, 1.165) is 13.1 Å². The van der Waals surface area contributed by atoms with E-state index in [9.17, 15) is 4.79 Å². The third-order valence-electron chi connectivity index (χ3n) is 2.32. The van der Waals surface area contributed by atoms with Gasteiger partial charge in [-0.2, -0.15) is 0 Å². The van der Waals surface area contributed by atoms with Gasteiger partial charge < -0.3 is 10.6 Å². The molecule has 0 saturated heterocycles. The zero-order chi connectivity index (χ0) is 14.1. The summed E-state index contributed by atoms with van der Waals surface area (Å²) in [5.74, 6) is -0.0499. The largest absolute Gasteiger partial charge is 0.352 e. The quantitative estimate of drug-likeness (QED) is 0.379. The Hall–Kier alpha value is -1.41. The minimum absolute atomic E-state index is 0.0499. The van der Waals surface area contributed by atoms with Gasteiger partial charge in [-0.3, -0.25) is 4.79 Å². The van der Waals surface area contributed by atoms with Crippen LogP contribution in [0.4, 0.5) is 0 Å². The van der Waals surface area contributed by atoms with Crippen molar-refractivity contribution in [2.24, 2.45) is 0 Å². The first-order chi connectivity index (χ1) is 9.19. The first kappa shape index (κ1) is 15.6. The number of nitrogens with one attached hydrogen (secondary N) is 2. The summed E-state index contributed by atoms with van der Waals surface area (Å²) in [7, 11) is 0. The number of tetrazole rings is 1. The highest BCUT2D eigenvalue weighted by molar-refractivity contribution is 8.00. The molecule has 1 rings (SSSR count). The summed E-state index contributed by atoms with van der Waals surface area (Å²) in [4.78, 5) is 11.7. The first-order valence-electron chi connectivity index (χ1n) is 6.21. The summed E-state index contributed by atoms with van der Waals surface area (Å²) >= 11 is 1.35. The van der Waals surface area contributed by atoms with Gasteiger partial charge in [-0.1, -0.05) is 24.8 Å². The summed E-state index contributed by atoms with van der Waals surface area (Å²) in [5.41, 5.74) is 0. The van der Waals surface area contributed by atoms with Crippen molar-refractivity contribution in [3.8, 4) is 0 Å². The standard InChI is InChI=1S/C11H20N6OS/c1-4-6-13-10(18)9(3)19-11-14-15-16-17(11)8-7-12-5-2/h4,9,12H,1,5-8H2,2-3H3,(H,13,18). The van der Waals surface area contributed by atoms with Gasteiger partial charge in [0.15, 0.2) is 0 Å². The number of amides is 1. The van der Waals surface area contributed by atoms with Gasteiger partial charge in [0, 0.05) is 13.1 Å². The molecule has 0 radical (unpaired) electrons. The molecule has 0 fully saturated rings. The number of hydrogen-bond donors (Lipinski definition) is 2. The number of rotatable bonds is 9. The van der Waals surface area contributed by atoms with E-state index < -0.39 is 0 Å². The highest BCUT2D eigenvalue weighted by Gasteiger charge is 2.17. The lowest BCUT2D eigenvalue weighted by Crippen LogP contribution is -2.31. The van der Waals surface area contributed by atoms with Gasteiger partial charge in [0.25, 0.3) is 0 Å². The van der Waals surface area contributed by atoms with Crippen LogP contribution in [0.25, 0.3) is 0 Å². The molecule has 0 spiro atoms. The van der Waals surface area contributed by atoms with Gasteiger partial charge in [0.2, 0.25) is 11.1 Å². The molecule has 0 bridgehead atoms. The smallest absolute Gasteiger partial charge is 0.233 e. The molecule has 7 nitrogen and oxygen atoms in total. The number of carbonyl (C=O) groups excluding carboxylic acids is 1. The molecule has 0 aliphatic carbocycles. The van der Waals surface area contributed by atoms with Crippen molar-refractivity contribution >= 4 is 17.7 Å². The van der Waals surface area contributed by atoms with Crippen LogP contribution in [0.15, 0.2) is 17.8 Å². The fraction of sp³-hybridized carbons (Fsp3) is 0.636. The van der Waals surface area contributed by atoms with Gasteiger partial charge in [-0.05, 0) is 23.9 Å². The Kier molecular flexibility index (Phi) is 7.12. The van der Waals surface area contributed by atoms with Crippen molar-refractivity contribution in [3.63, 3.8) is 0 Å². The van der Waals surface area contributed by atoms with Crippen molar-refractivity contribution in [2.75, 3.05) is 19.6 Å². The molecule has 1 unspecified atom stereocenters. The van der Waals surface area contributed by atoms with E-state index in [0.29, 0.717) is 18.2 Å². The Morgan fingerprint density at radius 2 is 2.42 bits per heavy atom. The summed E-state index contributed by atoms with van der Waals surface area (Å²) in [6, 6.07) is 0. The number of likely N-dealkylation sites (N-methyl/N-ethyl adjacent to an activating group) is 1. The molecule has 1 aromatic heterocycles. The summed E-state index contributed by atoms with van der Waals surface area (Å²) in [6.45, 7) is 10.3. The Morgan fingerprint density at radius 1 is 1.63 bits per heavy atom. The van der Waals surface area contributed by atoms with Crippen molar-refractivity contribution < 1.29 is 4.79 Å². The monoisotopic (exact) mass is 284 g/mol. The predicted molar refractivity (Wildman–Crippen MR) is 74.9 cm³/mol. The van der Waals surface area contributed by atoms with Crippen LogP contribution in [-0.4, -0.2) is 51.0 Å². The molecule has 1 aromatic rings. The van der Waals surface area contributed by atoms with Crippen LogP contribution in [0.1, 0.15) is 13.8 Å². The molecule has 1 atom stereocenters. The van der Waals surface area contributed by atoms with E-state index in [1.54, 1.807) is 10.8 Å². The van der Waals surface area contributed by atoms with Crippen molar-refractivity contribution in [1.82, 2.24) is 30.8 Å². The van der Waals surface area contributed by atoms with E-state index in [-0.39, 0.29) is 11.2 Å².